The van der Waals surface area contributed by atoms with Crippen molar-refractivity contribution in [2.45, 2.75) is 5.92 Å². The number of hydrogen-bond acceptors (Lipinski definition) is 2. The maximum absolute atomic E-state index is 5.91. The van der Waals surface area contributed by atoms with Gasteiger partial charge < -0.3 is 9.47 Å². The van der Waals surface area contributed by atoms with Crippen molar-refractivity contribution in [3.05, 3.63) is 84.1 Å². The minimum atomic E-state index is 0.0620. The number of hydrogen-bond donors (Lipinski definition) is 0. The standard InChI is InChI=1S/C20H16O2/c1-13-19(15-7-10-16(21-2)11-8-15)20-17-6-4-3-5-14(17)9-12-18(20)22-13/h3-12,19H,1H2,2H3. The Balaban J connectivity index is 1.92. The zero-order chi connectivity index (χ0) is 15.1. The first kappa shape index (κ1) is 13.0. The van der Waals surface area contributed by atoms with Crippen molar-refractivity contribution in [3.63, 3.8) is 0 Å². The first-order valence-corrected chi connectivity index (χ1v) is 7.30. The van der Waals surface area contributed by atoms with E-state index in [-0.39, 0.29) is 5.92 Å². The van der Waals surface area contributed by atoms with E-state index in [1.54, 1.807) is 7.11 Å². The van der Waals surface area contributed by atoms with Crippen molar-refractivity contribution in [2.24, 2.45) is 0 Å². The molecule has 3 aromatic carbocycles. The van der Waals surface area contributed by atoms with Crippen LogP contribution < -0.4 is 9.47 Å². The molecule has 0 aromatic heterocycles. The van der Waals surface area contributed by atoms with Crippen molar-refractivity contribution in [1.29, 1.82) is 0 Å². The monoisotopic (exact) mass is 288 g/mol. The number of fused-ring (bicyclic) bond motifs is 3. The Labute approximate surface area is 129 Å². The molecule has 22 heavy (non-hydrogen) atoms. The van der Waals surface area contributed by atoms with E-state index in [9.17, 15) is 0 Å². The fraction of sp³-hybridized carbons (Fsp3) is 0.100. The van der Waals surface area contributed by atoms with Gasteiger partial charge in [0, 0.05) is 5.56 Å². The lowest BCUT2D eigenvalue weighted by Crippen LogP contribution is -2.00. The second kappa shape index (κ2) is 4.92. The summed E-state index contributed by atoms with van der Waals surface area (Å²) in [5, 5.41) is 2.44. The maximum atomic E-state index is 5.91. The van der Waals surface area contributed by atoms with Crippen LogP contribution in [-0.2, 0) is 0 Å². The summed E-state index contributed by atoms with van der Waals surface area (Å²) in [4.78, 5) is 0. The summed E-state index contributed by atoms with van der Waals surface area (Å²) in [6, 6.07) is 20.6. The molecule has 0 N–H and O–H groups in total. The molecular weight excluding hydrogens is 272 g/mol. The number of methoxy groups -OCH3 is 1. The Kier molecular flexibility index (Phi) is 2.90. The van der Waals surface area contributed by atoms with Gasteiger partial charge in [0.1, 0.15) is 17.3 Å². The average Bonchev–Trinajstić information content (AvgIpc) is 2.91. The normalized spacial score (nSPS) is 16.4. The van der Waals surface area contributed by atoms with Gasteiger partial charge in [0.25, 0.3) is 0 Å². The summed E-state index contributed by atoms with van der Waals surface area (Å²) < 4.78 is 11.2. The van der Waals surface area contributed by atoms with Crippen LogP contribution in [0.1, 0.15) is 17.0 Å². The summed E-state index contributed by atoms with van der Waals surface area (Å²) >= 11 is 0. The molecule has 0 aliphatic carbocycles. The van der Waals surface area contributed by atoms with Crippen LogP contribution in [0.2, 0.25) is 0 Å². The Morgan fingerprint density at radius 2 is 1.73 bits per heavy atom. The van der Waals surface area contributed by atoms with E-state index in [0.717, 1.165) is 17.3 Å². The Morgan fingerprint density at radius 3 is 2.50 bits per heavy atom. The SMILES string of the molecule is C=C1Oc2ccc3ccccc3c2C1c1ccc(OC)cc1. The molecule has 1 aliphatic heterocycles. The van der Waals surface area contributed by atoms with Crippen LogP contribution in [0.3, 0.4) is 0 Å². The topological polar surface area (TPSA) is 18.5 Å². The maximum Gasteiger partial charge on any atom is 0.131 e. The van der Waals surface area contributed by atoms with Gasteiger partial charge in [-0.15, -0.1) is 0 Å². The lowest BCUT2D eigenvalue weighted by molar-refractivity contribution is 0.414. The highest BCUT2D eigenvalue weighted by Crippen LogP contribution is 2.47. The molecule has 0 bridgehead atoms. The molecule has 108 valence electrons. The predicted octanol–water partition coefficient (Wildman–Crippen LogP) is 4.89. The zero-order valence-electron chi connectivity index (χ0n) is 12.4. The second-order valence-corrected chi connectivity index (χ2v) is 5.47. The van der Waals surface area contributed by atoms with Crippen LogP contribution >= 0.6 is 0 Å². The van der Waals surface area contributed by atoms with Gasteiger partial charge in [0.05, 0.1) is 13.0 Å². The predicted molar refractivity (Wildman–Crippen MR) is 88.6 cm³/mol. The van der Waals surface area contributed by atoms with Crippen LogP contribution in [0.25, 0.3) is 10.8 Å². The van der Waals surface area contributed by atoms with E-state index >= 15 is 0 Å². The van der Waals surface area contributed by atoms with Crippen LogP contribution in [0, 0.1) is 0 Å². The van der Waals surface area contributed by atoms with Crippen molar-refractivity contribution >= 4 is 10.8 Å². The summed E-state index contributed by atoms with van der Waals surface area (Å²) in [5.41, 5.74) is 2.37. The van der Waals surface area contributed by atoms with Crippen LogP contribution in [-0.4, -0.2) is 7.11 Å². The summed E-state index contributed by atoms with van der Waals surface area (Å²) in [5.74, 6) is 2.60. The molecule has 4 rings (SSSR count). The lowest BCUT2D eigenvalue weighted by atomic mass is 9.88. The lowest BCUT2D eigenvalue weighted by Gasteiger charge is -2.13. The van der Waals surface area contributed by atoms with E-state index in [4.69, 9.17) is 9.47 Å². The van der Waals surface area contributed by atoms with Gasteiger partial charge >= 0.3 is 0 Å². The van der Waals surface area contributed by atoms with Crippen molar-refractivity contribution < 1.29 is 9.47 Å². The fourth-order valence-electron chi connectivity index (χ4n) is 3.17. The minimum Gasteiger partial charge on any atom is -0.497 e. The van der Waals surface area contributed by atoms with Crippen LogP contribution in [0.5, 0.6) is 11.5 Å². The van der Waals surface area contributed by atoms with E-state index in [0.29, 0.717) is 0 Å². The van der Waals surface area contributed by atoms with E-state index in [2.05, 4.69) is 49.0 Å². The summed E-state index contributed by atoms with van der Waals surface area (Å²) in [7, 11) is 1.68. The Bertz CT molecular complexity index is 863. The Hall–Kier alpha value is -2.74. The molecule has 0 saturated heterocycles. The quantitative estimate of drug-likeness (QED) is 0.668. The molecule has 0 amide bonds. The fourth-order valence-corrected chi connectivity index (χ4v) is 3.17. The van der Waals surface area contributed by atoms with Crippen molar-refractivity contribution in [2.75, 3.05) is 7.11 Å². The second-order valence-electron chi connectivity index (χ2n) is 5.47. The van der Waals surface area contributed by atoms with Gasteiger partial charge in [-0.1, -0.05) is 49.0 Å². The highest BCUT2D eigenvalue weighted by Gasteiger charge is 2.31. The van der Waals surface area contributed by atoms with Crippen LogP contribution in [0.15, 0.2) is 73.0 Å². The number of benzene rings is 3. The molecule has 2 nitrogen and oxygen atoms in total. The number of ether oxygens (including phenoxy) is 2. The first-order chi connectivity index (χ1) is 10.8. The number of rotatable bonds is 2. The molecule has 1 aliphatic rings. The molecule has 0 saturated carbocycles. The minimum absolute atomic E-state index is 0.0620. The molecule has 1 heterocycles. The third-order valence-electron chi connectivity index (χ3n) is 4.23. The highest BCUT2D eigenvalue weighted by atomic mass is 16.5. The van der Waals surface area contributed by atoms with Gasteiger partial charge in [0.15, 0.2) is 0 Å². The van der Waals surface area contributed by atoms with Gasteiger partial charge in [0.2, 0.25) is 0 Å². The zero-order valence-corrected chi connectivity index (χ0v) is 12.4. The molecule has 2 heteroatoms. The summed E-state index contributed by atoms with van der Waals surface area (Å²) in [6.07, 6.45) is 0. The smallest absolute Gasteiger partial charge is 0.131 e. The third kappa shape index (κ3) is 1.88. The Morgan fingerprint density at radius 1 is 0.955 bits per heavy atom. The average molecular weight is 288 g/mol. The molecule has 0 fully saturated rings. The molecule has 1 atom stereocenters. The molecular formula is C20H16O2. The molecule has 0 radical (unpaired) electrons. The molecule has 1 unspecified atom stereocenters. The van der Waals surface area contributed by atoms with Crippen molar-refractivity contribution in [1.82, 2.24) is 0 Å². The molecule has 0 spiro atoms. The largest absolute Gasteiger partial charge is 0.497 e. The van der Waals surface area contributed by atoms with Gasteiger partial charge in [-0.25, -0.2) is 0 Å². The first-order valence-electron chi connectivity index (χ1n) is 7.30. The van der Waals surface area contributed by atoms with Gasteiger partial charge in [-0.2, -0.15) is 0 Å². The van der Waals surface area contributed by atoms with E-state index < -0.39 is 0 Å². The number of allylic oxidation sites excluding steroid dienone is 1. The van der Waals surface area contributed by atoms with Gasteiger partial charge in [-0.3, -0.25) is 0 Å². The third-order valence-corrected chi connectivity index (χ3v) is 4.23. The summed E-state index contributed by atoms with van der Waals surface area (Å²) in [6.45, 7) is 4.12. The highest BCUT2D eigenvalue weighted by molar-refractivity contribution is 5.90. The van der Waals surface area contributed by atoms with Crippen LogP contribution in [0.4, 0.5) is 0 Å². The van der Waals surface area contributed by atoms with E-state index in [1.165, 1.54) is 21.9 Å². The molecule has 3 aromatic rings. The van der Waals surface area contributed by atoms with E-state index in [1.807, 2.05) is 18.2 Å². The van der Waals surface area contributed by atoms with Crippen molar-refractivity contribution in [3.8, 4) is 11.5 Å². The van der Waals surface area contributed by atoms with Gasteiger partial charge in [-0.05, 0) is 34.5 Å².